The van der Waals surface area contributed by atoms with Gasteiger partial charge in [-0.25, -0.2) is 0 Å². The van der Waals surface area contributed by atoms with E-state index in [4.69, 9.17) is 0 Å². The van der Waals surface area contributed by atoms with Gasteiger partial charge in [-0.15, -0.1) is 0 Å². The molecule has 8 fully saturated rings. The van der Waals surface area contributed by atoms with Crippen LogP contribution >= 0.6 is 0 Å². The highest BCUT2D eigenvalue weighted by atomic mass is 14.4. The van der Waals surface area contributed by atoms with Gasteiger partial charge in [0.15, 0.2) is 0 Å². The lowest BCUT2D eigenvalue weighted by atomic mass is 9.60. The molecule has 0 saturated heterocycles. The summed E-state index contributed by atoms with van der Waals surface area (Å²) in [4.78, 5) is 0. The van der Waals surface area contributed by atoms with Crippen molar-refractivity contribution in [2.75, 3.05) is 0 Å². The smallest absolute Gasteiger partial charge is 0.00258 e. The molecule has 8 saturated carbocycles. The summed E-state index contributed by atoms with van der Waals surface area (Å²) in [5.41, 5.74) is 7.85. The fraction of sp³-hybridized carbons (Fsp3) is 0.798. The zero-order chi connectivity index (χ0) is 91.2. The van der Waals surface area contributed by atoms with Crippen LogP contribution in [0.2, 0.25) is 0 Å². The first-order valence-corrected chi connectivity index (χ1v) is 52.9. The van der Waals surface area contributed by atoms with Gasteiger partial charge in [0.05, 0.1) is 0 Å². The molecule has 700 valence electrons. The van der Waals surface area contributed by atoms with E-state index >= 15 is 0 Å². The van der Waals surface area contributed by atoms with Crippen molar-refractivity contribution < 1.29 is 0 Å². The lowest BCUT2D eigenvalue weighted by Gasteiger charge is -2.45. The Morgan fingerprint density at radius 1 is 0.311 bits per heavy atom. The van der Waals surface area contributed by atoms with Crippen LogP contribution in [0.25, 0.3) is 0 Å². The van der Waals surface area contributed by atoms with E-state index in [1.807, 2.05) is 52.0 Å². The van der Waals surface area contributed by atoms with Crippen molar-refractivity contribution >= 4 is 0 Å². The van der Waals surface area contributed by atoms with E-state index < -0.39 is 0 Å². The topological polar surface area (TPSA) is 0 Å². The van der Waals surface area contributed by atoms with Gasteiger partial charge in [-0.1, -0.05) is 561 Å². The van der Waals surface area contributed by atoms with Crippen molar-refractivity contribution in [3.05, 3.63) is 144 Å². The minimum Gasteiger partial charge on any atom is -0.0683 e. The number of hydrogen-bond acceptors (Lipinski definition) is 0. The minimum atomic E-state index is 0.538. The third kappa shape index (κ3) is 74.8. The molecule has 0 spiro atoms. The third-order valence-electron chi connectivity index (χ3n) is 25.7. The Labute approximate surface area is 755 Å². The molecule has 4 aromatic carbocycles. The van der Waals surface area contributed by atoms with Gasteiger partial charge in [0.25, 0.3) is 0 Å². The molecule has 0 nitrogen and oxygen atoms in total. The fourth-order valence-electron chi connectivity index (χ4n) is 18.8. The molecule has 0 radical (unpaired) electrons. The average molecular weight is 1660 g/mol. The molecule has 0 aromatic heterocycles. The molecule has 0 amide bonds. The molecule has 0 aliphatic heterocycles. The van der Waals surface area contributed by atoms with E-state index in [0.29, 0.717) is 21.7 Å². The molecular formula is C119H224. The molecule has 0 bridgehead atoms. The zero-order valence-electron chi connectivity index (χ0n) is 88.3. The summed E-state index contributed by atoms with van der Waals surface area (Å²) in [6.07, 6.45) is 64.9. The van der Waals surface area contributed by atoms with Crippen LogP contribution in [0.1, 0.15) is 527 Å². The van der Waals surface area contributed by atoms with Crippen molar-refractivity contribution in [1.29, 1.82) is 0 Å². The standard InChI is InChI=1S/C17H32.C13H24.C13H12.2C12H24.C8H16.C8H10.C7H14.C7H8.6C3H8.2C2H6/c1-12-5-7-16(9-14(12)3)11-17-8-6-13(2)15(4)10-17;2*1-3-7-12(8-4-1)11-13-9-5-2-6-10-13;1-11(2,3)10-6-8-12(4,5)9-7-10;1-6-12(5)8-10(2)7-11(3,4)9-12;2*1-2-8-6-4-3-5-7-8;2*1-7-5-3-2-4-6-7;6*1-3-2;2*1-2/h12-17H,5-11H2,1-4H3;12-13H,1-11H2;1-10H,11H2;2*10H,6-9H2,1-5H3;8H,2-7H2,1H3;3-7H,2H2,1H3;7H,2-6H2,1H3;2-6H,1H3;6*3H2,1-2H3;2*1-2H3. The van der Waals surface area contributed by atoms with Gasteiger partial charge in [-0.3, -0.25) is 0 Å². The van der Waals surface area contributed by atoms with E-state index in [2.05, 4.69) is 305 Å². The van der Waals surface area contributed by atoms with Crippen molar-refractivity contribution in [3.8, 4) is 0 Å². The lowest BCUT2D eigenvalue weighted by molar-refractivity contribution is 0.0581. The normalized spacial score (nSPS) is 22.9. The van der Waals surface area contributed by atoms with E-state index in [-0.39, 0.29) is 0 Å². The number of hydrogen-bond donors (Lipinski definition) is 0. The first kappa shape index (κ1) is 124. The molecule has 0 heterocycles. The summed E-state index contributed by atoms with van der Waals surface area (Å²) in [5.74, 6) is 12.3. The van der Waals surface area contributed by atoms with E-state index in [9.17, 15) is 0 Å². The van der Waals surface area contributed by atoms with Crippen molar-refractivity contribution in [3.63, 3.8) is 0 Å². The maximum absolute atomic E-state index is 2.47. The minimum absolute atomic E-state index is 0.538. The largest absolute Gasteiger partial charge is 0.0683 e. The second kappa shape index (κ2) is 83.1. The zero-order valence-corrected chi connectivity index (χ0v) is 88.3. The van der Waals surface area contributed by atoms with Crippen LogP contribution in [0, 0.1) is 99.6 Å². The molecule has 8 atom stereocenters. The van der Waals surface area contributed by atoms with E-state index in [0.717, 1.165) is 83.9 Å². The molecule has 8 aliphatic carbocycles. The molecule has 0 heteroatoms. The summed E-state index contributed by atoms with van der Waals surface area (Å²) < 4.78 is 0. The highest BCUT2D eigenvalue weighted by Gasteiger charge is 2.39. The molecular weight excluding hydrogens is 1430 g/mol. The fourth-order valence-corrected chi connectivity index (χ4v) is 18.8. The van der Waals surface area contributed by atoms with Crippen molar-refractivity contribution in [2.45, 2.75) is 524 Å². The Kier molecular flexibility index (Phi) is 86.9. The summed E-state index contributed by atoms with van der Waals surface area (Å²) in [6.45, 7) is 76.3. The lowest BCUT2D eigenvalue weighted by Crippen LogP contribution is -2.34. The Hall–Kier alpha value is -3.12. The molecule has 0 N–H and O–H groups in total. The van der Waals surface area contributed by atoms with Crippen LogP contribution in [-0.4, -0.2) is 0 Å². The van der Waals surface area contributed by atoms with Crippen LogP contribution in [0.4, 0.5) is 0 Å². The highest BCUT2D eigenvalue weighted by molar-refractivity contribution is 5.25. The van der Waals surface area contributed by atoms with Crippen LogP contribution in [0.15, 0.2) is 121 Å². The molecule has 4 aromatic rings. The number of aryl methyl sites for hydroxylation is 2. The Morgan fingerprint density at radius 2 is 0.613 bits per heavy atom. The van der Waals surface area contributed by atoms with Crippen molar-refractivity contribution in [2.24, 2.45) is 92.7 Å². The molecule has 8 aliphatic rings. The SMILES string of the molecule is C1CCC(CC2CCCCC2)CC1.CC.CC.CC1(C)CCC(C(C)(C)C)CC1.CC1CCC(CC2CCC(C)C(C)C2)CC1C.CC1CCCCC1.CCC.CCC.CCC.CCC.CCC.CCC.CCC1(C)CC(C)CC(C)(C)C1.CCC1CCCCC1.CCc1ccccc1.Cc1ccccc1.c1ccc(Cc2ccccc2)cc1. The first-order valence-electron chi connectivity index (χ1n) is 52.9. The van der Waals surface area contributed by atoms with Gasteiger partial charge in [-0.05, 0) is 200 Å². The second-order valence-corrected chi connectivity index (χ2v) is 41.6. The predicted octanol–water partition coefficient (Wildman–Crippen LogP) is 42.2. The quantitative estimate of drug-likeness (QED) is 0.157. The van der Waals surface area contributed by atoms with E-state index in [1.54, 1.807) is 38.5 Å². The van der Waals surface area contributed by atoms with Crippen LogP contribution in [0.5, 0.6) is 0 Å². The van der Waals surface area contributed by atoms with Crippen LogP contribution in [0.3, 0.4) is 0 Å². The van der Waals surface area contributed by atoms with Gasteiger partial charge >= 0.3 is 0 Å². The Morgan fingerprint density at radius 3 is 0.857 bits per heavy atom. The average Bonchev–Trinajstić information content (AvgIpc) is 0.812. The van der Waals surface area contributed by atoms with E-state index in [1.165, 1.54) is 260 Å². The van der Waals surface area contributed by atoms with Gasteiger partial charge in [-0.2, -0.15) is 0 Å². The Bertz CT molecular complexity index is 2440. The summed E-state index contributed by atoms with van der Waals surface area (Å²) in [6, 6.07) is 41.8. The maximum Gasteiger partial charge on any atom is -0.00258 e. The van der Waals surface area contributed by atoms with Gasteiger partial charge in [0, 0.05) is 0 Å². The highest BCUT2D eigenvalue weighted by Crippen LogP contribution is 2.50. The summed E-state index contributed by atoms with van der Waals surface area (Å²) in [7, 11) is 0. The molecule has 12 rings (SSSR count). The van der Waals surface area contributed by atoms with Gasteiger partial charge in [0.2, 0.25) is 0 Å². The van der Waals surface area contributed by atoms with Gasteiger partial charge in [0.1, 0.15) is 0 Å². The second-order valence-electron chi connectivity index (χ2n) is 41.6. The number of benzene rings is 4. The third-order valence-corrected chi connectivity index (χ3v) is 25.7. The van der Waals surface area contributed by atoms with Crippen LogP contribution in [-0.2, 0) is 12.8 Å². The Balaban J connectivity index is -0.000000401. The number of rotatable bonds is 9. The van der Waals surface area contributed by atoms with Crippen LogP contribution < -0.4 is 0 Å². The summed E-state index contributed by atoms with van der Waals surface area (Å²) in [5, 5.41) is 0. The maximum atomic E-state index is 2.47. The van der Waals surface area contributed by atoms with Crippen molar-refractivity contribution in [1.82, 2.24) is 0 Å². The molecule has 8 unspecified atom stereocenters. The first-order chi connectivity index (χ1) is 56.8. The monoisotopic (exact) mass is 1650 g/mol. The van der Waals surface area contributed by atoms with Gasteiger partial charge < -0.3 is 0 Å². The molecule has 119 heavy (non-hydrogen) atoms. The predicted molar refractivity (Wildman–Crippen MR) is 554 cm³/mol. The summed E-state index contributed by atoms with van der Waals surface area (Å²) >= 11 is 0.